The molecule has 1 radical (unpaired) electrons. The zero-order chi connectivity index (χ0) is 27.8. The molecule has 0 aromatic heterocycles. The van der Waals surface area contributed by atoms with Crippen LogP contribution >= 0.6 is 12.6 Å². The molecule has 36 heavy (non-hydrogen) atoms. The fourth-order valence-corrected chi connectivity index (χ4v) is 3.07. The normalized spacial score (nSPS) is 13.8. The van der Waals surface area contributed by atoms with Crippen LogP contribution in [0.2, 0.25) is 5.32 Å². The van der Waals surface area contributed by atoms with Gasteiger partial charge in [-0.25, -0.2) is 4.79 Å². The number of nitrogens with one attached hydrogen (secondary N) is 4. The summed E-state index contributed by atoms with van der Waals surface area (Å²) in [6.45, 7) is -0.503. The van der Waals surface area contributed by atoms with Crippen LogP contribution in [0.15, 0.2) is 4.99 Å². The summed E-state index contributed by atoms with van der Waals surface area (Å²) in [7, 11) is 0. The van der Waals surface area contributed by atoms with Gasteiger partial charge in [0.1, 0.15) is 6.04 Å². The molecule has 0 aromatic carbocycles. The molecule has 203 valence electrons. The molecule has 0 saturated heterocycles. The second-order valence-electron chi connectivity index (χ2n) is 7.30. The van der Waals surface area contributed by atoms with Crippen LogP contribution in [-0.2, 0) is 28.8 Å². The average molecular weight is 599 g/mol. The number of amides is 4. The molecule has 4 atom stereocenters. The second-order valence-corrected chi connectivity index (χ2v) is 8.37. The number of guanidine groups is 1. The van der Waals surface area contributed by atoms with Crippen LogP contribution in [0.4, 0.5) is 0 Å². The van der Waals surface area contributed by atoms with Crippen LogP contribution in [-0.4, -0.2) is 111 Å². The number of rotatable bonds is 17. The van der Waals surface area contributed by atoms with E-state index < -0.39 is 72.7 Å². The monoisotopic (exact) mass is 599 g/mol. The number of aliphatic carboxylic acids is 2. The van der Waals surface area contributed by atoms with Crippen molar-refractivity contribution >= 4 is 70.2 Å². The number of nitrogens with two attached hydrogens (primary N) is 3. The minimum absolute atomic E-state index is 0.0977. The Kier molecular flexibility index (Phi) is 15.9. The van der Waals surface area contributed by atoms with Gasteiger partial charge in [-0.05, 0) is 0 Å². The number of carboxylic acid groups (broad SMARTS) is 2. The molecule has 0 aliphatic rings. The van der Waals surface area contributed by atoms with Crippen LogP contribution < -0.4 is 38.5 Å². The molecule has 0 spiro atoms. The molecule has 0 heterocycles. The first-order valence-electron chi connectivity index (χ1n) is 10.4. The summed E-state index contributed by atoms with van der Waals surface area (Å²) in [5.41, 5.74) is 16.1. The summed E-state index contributed by atoms with van der Waals surface area (Å²) in [6, 6.07) is -5.04. The first-order valence-corrected chi connectivity index (χ1v) is 12.3. The molecular formula is C18H31N8O8SSe. The molecule has 0 aromatic rings. The van der Waals surface area contributed by atoms with E-state index in [4.69, 9.17) is 27.4 Å². The Morgan fingerprint density at radius 2 is 1.53 bits per heavy atom. The van der Waals surface area contributed by atoms with Gasteiger partial charge in [0.2, 0.25) is 0 Å². The molecule has 0 unspecified atom stereocenters. The molecule has 12 N–H and O–H groups in total. The van der Waals surface area contributed by atoms with E-state index in [9.17, 15) is 28.8 Å². The van der Waals surface area contributed by atoms with Gasteiger partial charge >= 0.3 is 166 Å². The molecule has 0 fully saturated rings. The molecule has 0 rings (SSSR count). The van der Waals surface area contributed by atoms with Crippen LogP contribution in [0, 0.1) is 0 Å². The van der Waals surface area contributed by atoms with Gasteiger partial charge in [-0.1, -0.05) is 0 Å². The van der Waals surface area contributed by atoms with Crippen molar-refractivity contribution in [2.24, 2.45) is 22.2 Å². The molecular weight excluding hydrogens is 567 g/mol. The summed E-state index contributed by atoms with van der Waals surface area (Å²) >= 11 is 6.39. The van der Waals surface area contributed by atoms with Crippen molar-refractivity contribution in [3.05, 3.63) is 0 Å². The topological polar surface area (TPSA) is 281 Å². The second kappa shape index (κ2) is 17.4. The number of nitrogens with zero attached hydrogens (tertiary/aromatic N) is 1. The van der Waals surface area contributed by atoms with E-state index in [1.165, 1.54) is 0 Å². The van der Waals surface area contributed by atoms with Gasteiger partial charge in [0.15, 0.2) is 0 Å². The van der Waals surface area contributed by atoms with E-state index >= 15 is 0 Å². The fraction of sp³-hybridized carbons (Fsp3) is 0.611. The number of hydrogen-bond acceptors (Lipinski definition) is 9. The molecule has 0 aliphatic heterocycles. The predicted octanol–water partition coefficient (Wildman–Crippen LogP) is -4.99. The summed E-state index contributed by atoms with van der Waals surface area (Å²) in [6.07, 6.45) is -0.451. The molecule has 0 bridgehead atoms. The van der Waals surface area contributed by atoms with Crippen molar-refractivity contribution in [1.82, 2.24) is 21.3 Å². The van der Waals surface area contributed by atoms with E-state index in [0.717, 1.165) is 0 Å². The zero-order valence-corrected chi connectivity index (χ0v) is 21.7. The van der Waals surface area contributed by atoms with E-state index in [-0.39, 0.29) is 30.0 Å². The number of aliphatic imine (C=N–C) groups is 1. The smallest absolute Gasteiger partial charge is 0.481 e. The van der Waals surface area contributed by atoms with Crippen molar-refractivity contribution < 1.29 is 39.0 Å². The number of hydrogen-bond donors (Lipinski definition) is 10. The molecule has 4 amide bonds. The third kappa shape index (κ3) is 13.7. The van der Waals surface area contributed by atoms with Gasteiger partial charge < -0.3 is 15.5 Å². The first-order chi connectivity index (χ1) is 16.8. The van der Waals surface area contributed by atoms with Crippen molar-refractivity contribution in [1.29, 1.82) is 0 Å². The Balaban J connectivity index is 5.18. The summed E-state index contributed by atoms with van der Waals surface area (Å²) in [5, 5.41) is 27.1. The minimum atomic E-state index is -1.62. The van der Waals surface area contributed by atoms with E-state index in [2.05, 4.69) is 54.9 Å². The maximum absolute atomic E-state index is 12.6. The first kappa shape index (κ1) is 32.9. The molecule has 0 aliphatic carbocycles. The van der Waals surface area contributed by atoms with Crippen LogP contribution in [0.25, 0.3) is 0 Å². The number of carbonyl (C=O) groups excluding carboxylic acids is 4. The average Bonchev–Trinajstić information content (AvgIpc) is 2.80. The van der Waals surface area contributed by atoms with Gasteiger partial charge in [-0.15, -0.1) is 0 Å². The van der Waals surface area contributed by atoms with Crippen molar-refractivity contribution in [2.75, 3.05) is 18.8 Å². The molecule has 18 heteroatoms. The fourth-order valence-electron chi connectivity index (χ4n) is 2.50. The number of thiol groups is 1. The Morgan fingerprint density at radius 3 is 2.03 bits per heavy atom. The summed E-state index contributed by atoms with van der Waals surface area (Å²) in [5.74, 6) is -6.64. The van der Waals surface area contributed by atoms with E-state index in [1.807, 2.05) is 0 Å². The van der Waals surface area contributed by atoms with Gasteiger partial charge in [-0.2, -0.15) is 12.6 Å². The minimum Gasteiger partial charge on any atom is -0.481 e. The van der Waals surface area contributed by atoms with Crippen molar-refractivity contribution in [2.45, 2.75) is 48.7 Å². The Morgan fingerprint density at radius 1 is 0.917 bits per heavy atom. The Labute approximate surface area is 220 Å². The van der Waals surface area contributed by atoms with Gasteiger partial charge in [0.05, 0.1) is 0 Å². The van der Waals surface area contributed by atoms with Crippen LogP contribution in [0.1, 0.15) is 19.3 Å². The third-order valence-electron chi connectivity index (χ3n) is 4.35. The standard InChI is InChI=1S/C18H31N8O8SSe/c19-8(7-36)14(30)25-9(2-1-3-22-18(20)21)15(31)23-5-12(27)24-10(4-13(28)29)16(32)26-11(6-35)17(33)34/h8-11,35H,1-7,19H2,(H,23,31)(H,24,27)(H,25,30)(H,26,32)(H,28,29)(H,33,34)(H4,20,21,22)/t8-,9-,10-,11-/m0/s1. The van der Waals surface area contributed by atoms with Gasteiger partial charge in [-0.3, -0.25) is 9.59 Å². The van der Waals surface area contributed by atoms with Crippen LogP contribution in [0.3, 0.4) is 0 Å². The summed E-state index contributed by atoms with van der Waals surface area (Å²) in [4.78, 5) is 75.2. The molecule has 16 nitrogen and oxygen atoms in total. The SMILES string of the molecule is NC(N)=NCCC[C@H](NC(=O)[C@@H](N)C[Se])C(=O)NCC(=O)N[C@@H](CC(=O)O)C(=O)N[C@@H](CS)C(=O)O. The van der Waals surface area contributed by atoms with Gasteiger partial charge in [0.25, 0.3) is 0 Å². The Bertz CT molecular complexity index is 842. The third-order valence-corrected chi connectivity index (χ3v) is 5.46. The van der Waals surface area contributed by atoms with Crippen molar-refractivity contribution in [3.8, 4) is 0 Å². The molecule has 0 saturated carbocycles. The number of carboxylic acids is 2. The maximum atomic E-state index is 12.6. The van der Waals surface area contributed by atoms with E-state index in [0.29, 0.717) is 6.42 Å². The number of carbonyl (C=O) groups is 6. The quantitative estimate of drug-likeness (QED) is 0.0249. The van der Waals surface area contributed by atoms with Crippen molar-refractivity contribution in [3.63, 3.8) is 0 Å². The van der Waals surface area contributed by atoms with Crippen LogP contribution in [0.5, 0.6) is 0 Å². The zero-order valence-electron chi connectivity index (χ0n) is 19.1. The predicted molar refractivity (Wildman–Crippen MR) is 131 cm³/mol. The summed E-state index contributed by atoms with van der Waals surface area (Å²) < 4.78 is 0. The Hall–Kier alpha value is -3.08. The van der Waals surface area contributed by atoms with Gasteiger partial charge in [0, 0.05) is 5.75 Å². The van der Waals surface area contributed by atoms with E-state index in [1.54, 1.807) is 0 Å².